The van der Waals surface area contributed by atoms with Crippen LogP contribution in [0.4, 0.5) is 0 Å². The first-order chi connectivity index (χ1) is 9.78. The molecule has 3 rings (SSSR count). The predicted molar refractivity (Wildman–Crippen MR) is 89.9 cm³/mol. The Labute approximate surface area is 128 Å². The van der Waals surface area contributed by atoms with Gasteiger partial charge in [0.2, 0.25) is 0 Å². The van der Waals surface area contributed by atoms with Crippen LogP contribution in [0.15, 0.2) is 24.3 Å². The Balaban J connectivity index is 1.76. The van der Waals surface area contributed by atoms with E-state index in [2.05, 4.69) is 60.3 Å². The normalized spacial score (nSPS) is 22.2. The van der Waals surface area contributed by atoms with E-state index in [1.165, 1.54) is 27.8 Å². The molecule has 5 heteroatoms. The smallest absolute Gasteiger partial charge is 0.0954 e. The van der Waals surface area contributed by atoms with E-state index < -0.39 is 0 Å². The van der Waals surface area contributed by atoms with Crippen molar-refractivity contribution in [2.75, 3.05) is 32.1 Å². The fraction of sp³-hybridized carbons (Fsp3) is 0.533. The van der Waals surface area contributed by atoms with Crippen LogP contribution in [-0.2, 0) is 6.42 Å². The van der Waals surface area contributed by atoms with E-state index in [4.69, 9.17) is 4.98 Å². The minimum Gasteiger partial charge on any atom is -0.315 e. The average Bonchev–Trinajstić information content (AvgIpc) is 2.88. The maximum atomic E-state index is 4.77. The highest BCUT2D eigenvalue weighted by atomic mass is 32.2. The van der Waals surface area contributed by atoms with Crippen molar-refractivity contribution in [2.45, 2.75) is 18.5 Å². The summed E-state index contributed by atoms with van der Waals surface area (Å²) < 4.78 is 1.30. The molecule has 0 amide bonds. The second-order valence-corrected chi connectivity index (χ2v) is 7.56. The van der Waals surface area contributed by atoms with Gasteiger partial charge in [-0.3, -0.25) is 0 Å². The van der Waals surface area contributed by atoms with E-state index in [-0.39, 0.29) is 0 Å². The van der Waals surface area contributed by atoms with Crippen molar-refractivity contribution in [2.24, 2.45) is 0 Å². The van der Waals surface area contributed by atoms with Crippen LogP contribution >= 0.6 is 23.1 Å². The molecule has 0 saturated carbocycles. The number of nitrogens with one attached hydrogen (secondary N) is 1. The number of likely N-dealkylation sites (N-methyl/N-ethyl adjacent to an activating group) is 2. The third-order valence-electron chi connectivity index (χ3n) is 4.01. The van der Waals surface area contributed by atoms with E-state index >= 15 is 0 Å². The Bertz CT molecular complexity index is 536. The SMILES string of the molecule is CNC(Cc1nc2ccccc2s1)C1CSCCN1C. The largest absolute Gasteiger partial charge is 0.315 e. The molecule has 2 atom stereocenters. The number of thioether (sulfide) groups is 1. The van der Waals surface area contributed by atoms with Gasteiger partial charge in [0.05, 0.1) is 15.2 Å². The predicted octanol–water partition coefficient (Wildman–Crippen LogP) is 2.47. The molecule has 1 fully saturated rings. The van der Waals surface area contributed by atoms with Crippen LogP contribution in [0.1, 0.15) is 5.01 Å². The summed E-state index contributed by atoms with van der Waals surface area (Å²) in [7, 11) is 4.32. The highest BCUT2D eigenvalue weighted by molar-refractivity contribution is 7.99. The number of hydrogen-bond acceptors (Lipinski definition) is 5. The van der Waals surface area contributed by atoms with Crippen molar-refractivity contribution in [3.05, 3.63) is 29.3 Å². The summed E-state index contributed by atoms with van der Waals surface area (Å²) in [5.41, 5.74) is 1.13. The Kier molecular flexibility index (Phi) is 4.61. The second kappa shape index (κ2) is 6.43. The number of fused-ring (bicyclic) bond motifs is 1. The number of hydrogen-bond donors (Lipinski definition) is 1. The number of thiazole rings is 1. The molecule has 1 aromatic heterocycles. The first-order valence-electron chi connectivity index (χ1n) is 7.07. The molecule has 0 aliphatic carbocycles. The van der Waals surface area contributed by atoms with Crippen LogP contribution in [0.5, 0.6) is 0 Å². The molecule has 1 N–H and O–H groups in total. The molecule has 1 aromatic carbocycles. The zero-order valence-electron chi connectivity index (χ0n) is 12.0. The van der Waals surface area contributed by atoms with Crippen molar-refractivity contribution >= 4 is 33.3 Å². The maximum Gasteiger partial charge on any atom is 0.0954 e. The molecule has 0 bridgehead atoms. The second-order valence-electron chi connectivity index (χ2n) is 5.30. The Morgan fingerprint density at radius 1 is 1.45 bits per heavy atom. The summed E-state index contributed by atoms with van der Waals surface area (Å²) in [6.07, 6.45) is 1.02. The van der Waals surface area contributed by atoms with Crippen LogP contribution in [0, 0.1) is 0 Å². The van der Waals surface area contributed by atoms with Crippen molar-refractivity contribution in [3.8, 4) is 0 Å². The average molecular weight is 307 g/mol. The first kappa shape index (κ1) is 14.3. The van der Waals surface area contributed by atoms with Crippen molar-refractivity contribution in [1.82, 2.24) is 15.2 Å². The molecule has 2 aromatic rings. The third-order valence-corrected chi connectivity index (χ3v) is 6.12. The molecule has 1 aliphatic rings. The molecule has 3 nitrogen and oxygen atoms in total. The van der Waals surface area contributed by atoms with Gasteiger partial charge < -0.3 is 10.2 Å². The van der Waals surface area contributed by atoms with Gasteiger partial charge in [0, 0.05) is 36.6 Å². The zero-order valence-corrected chi connectivity index (χ0v) is 13.6. The lowest BCUT2D eigenvalue weighted by atomic mass is 10.1. The molecule has 20 heavy (non-hydrogen) atoms. The standard InChI is InChI=1S/C15H21N3S2/c1-16-12(13-10-19-8-7-18(13)2)9-15-17-11-5-3-4-6-14(11)20-15/h3-6,12-13,16H,7-10H2,1-2H3. The van der Waals surface area contributed by atoms with E-state index in [0.29, 0.717) is 12.1 Å². The van der Waals surface area contributed by atoms with Gasteiger partial charge in [-0.1, -0.05) is 12.1 Å². The minimum atomic E-state index is 0.480. The summed E-state index contributed by atoms with van der Waals surface area (Å²) >= 11 is 3.90. The Morgan fingerprint density at radius 2 is 2.30 bits per heavy atom. The lowest BCUT2D eigenvalue weighted by Gasteiger charge is -2.37. The van der Waals surface area contributed by atoms with Crippen molar-refractivity contribution in [1.29, 1.82) is 0 Å². The highest BCUT2D eigenvalue weighted by Gasteiger charge is 2.27. The van der Waals surface area contributed by atoms with Gasteiger partial charge in [0.15, 0.2) is 0 Å². The van der Waals surface area contributed by atoms with Crippen LogP contribution in [0.2, 0.25) is 0 Å². The van der Waals surface area contributed by atoms with E-state index in [1.807, 2.05) is 11.3 Å². The maximum absolute atomic E-state index is 4.77. The molecule has 2 heterocycles. The summed E-state index contributed by atoms with van der Waals surface area (Å²) in [4.78, 5) is 7.26. The quantitative estimate of drug-likeness (QED) is 0.939. The molecule has 0 radical (unpaired) electrons. The highest BCUT2D eigenvalue weighted by Crippen LogP contribution is 2.25. The van der Waals surface area contributed by atoms with Crippen LogP contribution in [0.25, 0.3) is 10.2 Å². The minimum absolute atomic E-state index is 0.480. The summed E-state index contributed by atoms with van der Waals surface area (Å²) in [6.45, 7) is 1.19. The Morgan fingerprint density at radius 3 is 3.05 bits per heavy atom. The van der Waals surface area contributed by atoms with Crippen LogP contribution in [0.3, 0.4) is 0 Å². The molecule has 108 valence electrons. The number of rotatable bonds is 4. The number of aromatic nitrogens is 1. The van der Waals surface area contributed by atoms with Gasteiger partial charge in [-0.2, -0.15) is 11.8 Å². The van der Waals surface area contributed by atoms with Crippen molar-refractivity contribution < 1.29 is 0 Å². The Hall–Kier alpha value is -0.620. The van der Waals surface area contributed by atoms with Gasteiger partial charge in [-0.15, -0.1) is 11.3 Å². The molecule has 0 spiro atoms. The fourth-order valence-corrected chi connectivity index (χ4v) is 5.09. The summed E-state index contributed by atoms with van der Waals surface area (Å²) in [5.74, 6) is 2.47. The number of nitrogens with zero attached hydrogens (tertiary/aromatic N) is 2. The zero-order chi connectivity index (χ0) is 13.9. The molecule has 2 unspecified atom stereocenters. The number of benzene rings is 1. The molecular weight excluding hydrogens is 286 g/mol. The van der Waals surface area contributed by atoms with E-state index in [1.54, 1.807) is 0 Å². The molecule has 1 saturated heterocycles. The van der Waals surface area contributed by atoms with Gasteiger partial charge in [0.25, 0.3) is 0 Å². The van der Waals surface area contributed by atoms with Gasteiger partial charge in [-0.25, -0.2) is 4.98 Å². The molecule has 1 aliphatic heterocycles. The first-order valence-corrected chi connectivity index (χ1v) is 9.05. The van der Waals surface area contributed by atoms with Crippen LogP contribution in [-0.4, -0.2) is 54.1 Å². The van der Waals surface area contributed by atoms with Crippen LogP contribution < -0.4 is 5.32 Å². The third kappa shape index (κ3) is 3.01. The monoisotopic (exact) mass is 307 g/mol. The summed E-state index contributed by atoms with van der Waals surface area (Å²) in [5, 5.41) is 4.75. The summed E-state index contributed by atoms with van der Waals surface area (Å²) in [6, 6.07) is 9.50. The lowest BCUT2D eigenvalue weighted by Crippen LogP contribution is -2.52. The van der Waals surface area contributed by atoms with Gasteiger partial charge >= 0.3 is 0 Å². The van der Waals surface area contributed by atoms with Gasteiger partial charge in [-0.05, 0) is 26.2 Å². The van der Waals surface area contributed by atoms with E-state index in [9.17, 15) is 0 Å². The van der Waals surface area contributed by atoms with Crippen molar-refractivity contribution in [3.63, 3.8) is 0 Å². The van der Waals surface area contributed by atoms with E-state index in [0.717, 1.165) is 11.9 Å². The topological polar surface area (TPSA) is 28.2 Å². The number of para-hydroxylation sites is 1. The lowest BCUT2D eigenvalue weighted by molar-refractivity contribution is 0.219. The van der Waals surface area contributed by atoms with Gasteiger partial charge in [0.1, 0.15) is 0 Å². The fourth-order valence-electron chi connectivity index (χ4n) is 2.75. The molecular formula is C15H21N3S2.